The molecule has 0 aromatic rings. The Morgan fingerprint density at radius 1 is 1.56 bits per heavy atom. The highest BCUT2D eigenvalue weighted by Crippen LogP contribution is 2.13. The van der Waals surface area contributed by atoms with Gasteiger partial charge < -0.3 is 0 Å². The molecule has 0 aliphatic carbocycles. The first-order chi connectivity index (χ1) is 7.45. The summed E-state index contributed by atoms with van der Waals surface area (Å²) in [6.07, 6.45) is 2.08. The van der Waals surface area contributed by atoms with Gasteiger partial charge in [0.2, 0.25) is 10.0 Å². The molecule has 0 saturated carbocycles. The topological polar surface area (TPSA) is 54.5 Å². The lowest BCUT2D eigenvalue weighted by molar-refractivity contribution is 0.392. The molecule has 0 aromatic heterocycles. The molecule has 0 spiro atoms. The first-order valence-electron chi connectivity index (χ1n) is 5.39. The van der Waals surface area contributed by atoms with Gasteiger partial charge in [-0.3, -0.25) is 4.21 Å². The Morgan fingerprint density at radius 3 is 2.88 bits per heavy atom. The first kappa shape index (κ1) is 13.9. The summed E-state index contributed by atoms with van der Waals surface area (Å²) in [5.41, 5.74) is 0. The zero-order valence-electron chi connectivity index (χ0n) is 9.59. The summed E-state index contributed by atoms with van der Waals surface area (Å²) in [5, 5.41) is 0. The monoisotopic (exact) mass is 265 g/mol. The second kappa shape index (κ2) is 5.93. The van der Waals surface area contributed by atoms with Crippen LogP contribution in [0.25, 0.3) is 0 Å². The fourth-order valence-electron chi connectivity index (χ4n) is 1.71. The van der Waals surface area contributed by atoms with Crippen LogP contribution in [-0.4, -0.2) is 47.3 Å². The van der Waals surface area contributed by atoms with Crippen LogP contribution in [0.1, 0.15) is 13.3 Å². The minimum Gasteiger partial charge on any atom is -0.260 e. The van der Waals surface area contributed by atoms with Gasteiger partial charge in [-0.05, 0) is 12.3 Å². The predicted octanol–water partition coefficient (Wildman–Crippen LogP) is 0.593. The smallest absolute Gasteiger partial charge is 0.214 e. The second-order valence-corrected chi connectivity index (χ2v) is 7.88. The zero-order chi connectivity index (χ0) is 12.2. The summed E-state index contributed by atoms with van der Waals surface area (Å²) in [6.45, 7) is 6.34. The summed E-state index contributed by atoms with van der Waals surface area (Å²) in [7, 11) is -4.07. The Hall–Kier alpha value is -0.200. The van der Waals surface area contributed by atoms with E-state index in [2.05, 4.69) is 6.58 Å². The summed E-state index contributed by atoms with van der Waals surface area (Å²) >= 11 is 0. The number of nitrogens with zero attached hydrogens (tertiary/aromatic N) is 1. The van der Waals surface area contributed by atoms with E-state index in [1.165, 1.54) is 4.31 Å². The van der Waals surface area contributed by atoms with E-state index in [-0.39, 0.29) is 11.7 Å². The molecule has 0 radical (unpaired) electrons. The Kier molecular flexibility index (Phi) is 5.14. The van der Waals surface area contributed by atoms with Gasteiger partial charge in [-0.25, -0.2) is 12.7 Å². The Morgan fingerprint density at radius 2 is 2.25 bits per heavy atom. The maximum atomic E-state index is 11.9. The third-order valence-corrected chi connectivity index (χ3v) is 5.98. The van der Waals surface area contributed by atoms with Crippen molar-refractivity contribution >= 4 is 20.8 Å². The van der Waals surface area contributed by atoms with Gasteiger partial charge in [0.15, 0.2) is 0 Å². The maximum Gasteiger partial charge on any atom is 0.214 e. The molecule has 0 amide bonds. The van der Waals surface area contributed by atoms with E-state index >= 15 is 0 Å². The number of hydrogen-bond donors (Lipinski definition) is 0. The van der Waals surface area contributed by atoms with Crippen LogP contribution in [0.2, 0.25) is 0 Å². The molecule has 2 atom stereocenters. The van der Waals surface area contributed by atoms with Crippen LogP contribution in [0.15, 0.2) is 12.7 Å². The van der Waals surface area contributed by atoms with E-state index in [4.69, 9.17) is 0 Å². The Labute approximate surface area is 100 Å². The lowest BCUT2D eigenvalue weighted by Gasteiger charge is -2.21. The van der Waals surface area contributed by atoms with E-state index in [1.807, 2.05) is 6.92 Å². The predicted molar refractivity (Wildman–Crippen MR) is 67.2 cm³/mol. The maximum absolute atomic E-state index is 11.9. The third kappa shape index (κ3) is 3.99. The van der Waals surface area contributed by atoms with Crippen LogP contribution in [0.4, 0.5) is 0 Å². The molecule has 94 valence electrons. The lowest BCUT2D eigenvalue weighted by atomic mass is 10.2. The van der Waals surface area contributed by atoms with Gasteiger partial charge in [0.1, 0.15) is 0 Å². The standard InChI is InChI=1S/C10H19NO3S2/c1-3-4-7-16(13,14)11-5-6-15(12)9-10(2)8-11/h3,10H,1,4-9H2,2H3. The quantitative estimate of drug-likeness (QED) is 0.699. The normalized spacial score (nSPS) is 28.6. The van der Waals surface area contributed by atoms with Crippen LogP contribution in [-0.2, 0) is 20.8 Å². The second-order valence-electron chi connectivity index (χ2n) is 4.17. The SMILES string of the molecule is C=CCCS(=O)(=O)N1CCS(=O)CC(C)C1. The minimum atomic E-state index is -3.20. The van der Waals surface area contributed by atoms with Crippen molar-refractivity contribution < 1.29 is 12.6 Å². The number of allylic oxidation sites excluding steroid dienone is 1. The van der Waals surface area contributed by atoms with Crippen LogP contribution < -0.4 is 0 Å². The zero-order valence-corrected chi connectivity index (χ0v) is 11.2. The van der Waals surface area contributed by atoms with Gasteiger partial charge in [-0.1, -0.05) is 13.0 Å². The highest BCUT2D eigenvalue weighted by Gasteiger charge is 2.27. The first-order valence-corrected chi connectivity index (χ1v) is 8.49. The molecule has 1 rings (SSSR count). The highest BCUT2D eigenvalue weighted by atomic mass is 32.2. The van der Waals surface area contributed by atoms with Gasteiger partial charge in [0, 0.05) is 35.4 Å². The molecular formula is C10H19NO3S2. The van der Waals surface area contributed by atoms with Crippen molar-refractivity contribution in [3.63, 3.8) is 0 Å². The van der Waals surface area contributed by atoms with Crippen LogP contribution >= 0.6 is 0 Å². The van der Waals surface area contributed by atoms with E-state index in [0.717, 1.165) is 0 Å². The van der Waals surface area contributed by atoms with Crippen molar-refractivity contribution in [3.05, 3.63) is 12.7 Å². The molecule has 1 saturated heterocycles. The van der Waals surface area contributed by atoms with Crippen molar-refractivity contribution in [2.24, 2.45) is 5.92 Å². The number of hydrogen-bond acceptors (Lipinski definition) is 3. The molecule has 1 heterocycles. The Balaban J connectivity index is 2.71. The fourth-order valence-corrected chi connectivity index (χ4v) is 4.73. The van der Waals surface area contributed by atoms with Crippen LogP contribution in [0.3, 0.4) is 0 Å². The molecule has 0 aromatic carbocycles. The van der Waals surface area contributed by atoms with E-state index in [1.54, 1.807) is 6.08 Å². The fraction of sp³-hybridized carbons (Fsp3) is 0.800. The summed E-state index contributed by atoms with van der Waals surface area (Å²) in [5.74, 6) is 1.34. The molecular weight excluding hydrogens is 246 g/mol. The average molecular weight is 265 g/mol. The summed E-state index contributed by atoms with van der Waals surface area (Å²) < 4.78 is 36.8. The molecule has 0 bridgehead atoms. The minimum absolute atomic E-state index is 0.107. The van der Waals surface area contributed by atoms with Crippen molar-refractivity contribution in [2.45, 2.75) is 13.3 Å². The van der Waals surface area contributed by atoms with Crippen LogP contribution in [0.5, 0.6) is 0 Å². The van der Waals surface area contributed by atoms with E-state index in [0.29, 0.717) is 31.0 Å². The number of sulfonamides is 1. The Bertz CT molecular complexity index is 364. The van der Waals surface area contributed by atoms with Gasteiger partial charge in [0.05, 0.1) is 5.75 Å². The van der Waals surface area contributed by atoms with Gasteiger partial charge >= 0.3 is 0 Å². The molecule has 6 heteroatoms. The molecule has 1 fully saturated rings. The summed E-state index contributed by atoms with van der Waals surface area (Å²) in [6, 6.07) is 0. The van der Waals surface area contributed by atoms with Crippen molar-refractivity contribution in [2.75, 3.05) is 30.3 Å². The third-order valence-electron chi connectivity index (χ3n) is 2.53. The molecule has 4 nitrogen and oxygen atoms in total. The van der Waals surface area contributed by atoms with E-state index < -0.39 is 20.8 Å². The lowest BCUT2D eigenvalue weighted by Crippen LogP contribution is -2.36. The highest BCUT2D eigenvalue weighted by molar-refractivity contribution is 7.89. The molecule has 0 N–H and O–H groups in total. The molecule has 1 aliphatic rings. The number of rotatable bonds is 4. The molecule has 2 unspecified atom stereocenters. The van der Waals surface area contributed by atoms with Crippen molar-refractivity contribution in [3.8, 4) is 0 Å². The molecule has 16 heavy (non-hydrogen) atoms. The van der Waals surface area contributed by atoms with Crippen molar-refractivity contribution in [1.82, 2.24) is 4.31 Å². The van der Waals surface area contributed by atoms with Crippen molar-refractivity contribution in [1.29, 1.82) is 0 Å². The van der Waals surface area contributed by atoms with E-state index in [9.17, 15) is 12.6 Å². The largest absolute Gasteiger partial charge is 0.260 e. The van der Waals surface area contributed by atoms with Gasteiger partial charge in [0.25, 0.3) is 0 Å². The van der Waals surface area contributed by atoms with Gasteiger partial charge in [-0.15, -0.1) is 6.58 Å². The molecule has 1 aliphatic heterocycles. The van der Waals surface area contributed by atoms with Crippen LogP contribution in [0, 0.1) is 5.92 Å². The average Bonchev–Trinajstić information content (AvgIpc) is 2.37. The summed E-state index contributed by atoms with van der Waals surface area (Å²) in [4.78, 5) is 0. The van der Waals surface area contributed by atoms with Gasteiger partial charge in [-0.2, -0.15) is 0 Å².